The molecule has 0 aromatic heterocycles. The van der Waals surface area contributed by atoms with E-state index in [0.717, 1.165) is 33.4 Å². The van der Waals surface area contributed by atoms with Gasteiger partial charge in [-0.2, -0.15) is 0 Å². The fourth-order valence-electron chi connectivity index (χ4n) is 2.83. The van der Waals surface area contributed by atoms with Crippen LogP contribution in [0, 0.1) is 27.7 Å². The number of benzene rings is 3. The second-order valence-electron chi connectivity index (χ2n) is 6.60. The third-order valence-electron chi connectivity index (χ3n) is 4.74. The van der Waals surface area contributed by atoms with E-state index in [1.165, 1.54) is 0 Å². The lowest BCUT2D eigenvalue weighted by molar-refractivity contribution is 0.290. The Hall–Kier alpha value is -2.55. The van der Waals surface area contributed by atoms with Gasteiger partial charge in [0.1, 0.15) is 11.5 Å². The molecule has 5 heteroatoms. The van der Waals surface area contributed by atoms with E-state index in [1.54, 1.807) is 12.1 Å². The highest BCUT2D eigenvalue weighted by Gasteiger charge is 2.29. The first-order chi connectivity index (χ1) is 12.8. The fourth-order valence-corrected chi connectivity index (χ4v) is 3.78. The minimum Gasteiger partial charge on any atom is -0.395 e. The maximum Gasteiger partial charge on any atom is 0.584 e. The van der Waals surface area contributed by atoms with Gasteiger partial charge in [-0.1, -0.05) is 54.6 Å². The van der Waals surface area contributed by atoms with E-state index in [0.29, 0.717) is 11.5 Å². The van der Waals surface area contributed by atoms with Gasteiger partial charge < -0.3 is 9.05 Å². The smallest absolute Gasteiger partial charge is 0.395 e. The monoisotopic (exact) mass is 382 g/mol. The highest BCUT2D eigenvalue weighted by Crippen LogP contribution is 2.49. The lowest BCUT2D eigenvalue weighted by Crippen LogP contribution is -2.04. The summed E-state index contributed by atoms with van der Waals surface area (Å²) in [5, 5.41) is 0. The van der Waals surface area contributed by atoms with Gasteiger partial charge in [-0.3, -0.25) is 4.89 Å². The van der Waals surface area contributed by atoms with Crippen LogP contribution in [0.25, 0.3) is 11.1 Å². The third kappa shape index (κ3) is 4.24. The number of hydrogen-bond donors (Lipinski definition) is 1. The van der Waals surface area contributed by atoms with Crippen LogP contribution in [0.2, 0.25) is 0 Å². The number of aryl methyl sites for hydroxylation is 2. The Morgan fingerprint density at radius 1 is 0.741 bits per heavy atom. The van der Waals surface area contributed by atoms with Crippen molar-refractivity contribution in [3.8, 4) is 22.6 Å². The lowest BCUT2D eigenvalue weighted by Gasteiger charge is -2.20. The van der Waals surface area contributed by atoms with E-state index in [9.17, 15) is 9.46 Å². The van der Waals surface area contributed by atoms with Crippen LogP contribution in [0.5, 0.6) is 11.5 Å². The van der Waals surface area contributed by atoms with Crippen molar-refractivity contribution in [1.29, 1.82) is 0 Å². The molecule has 0 saturated heterocycles. The quantitative estimate of drug-likeness (QED) is 0.538. The summed E-state index contributed by atoms with van der Waals surface area (Å²) < 4.78 is 23.8. The molecule has 4 nitrogen and oxygen atoms in total. The van der Waals surface area contributed by atoms with Crippen LogP contribution in [-0.4, -0.2) is 4.89 Å². The standard InChI is InChI=1S/C22H23O4P/c1-15-9-8-12-21(17(15)3)25-27(23,24)26-22-18(4)16(2)13-14-20(22)19-10-6-5-7-11-19/h5-14H,1-4H3,(H,23,24). The molecule has 0 aliphatic rings. The number of hydrogen-bond acceptors (Lipinski definition) is 3. The molecule has 3 rings (SSSR count). The SMILES string of the molecule is Cc1cccc(OP(=O)(O)Oc2c(-c3ccccc3)ccc(C)c2C)c1C. The molecule has 0 amide bonds. The Morgan fingerprint density at radius 3 is 2.11 bits per heavy atom. The minimum absolute atomic E-state index is 0.340. The fraction of sp³-hybridized carbons (Fsp3) is 0.182. The van der Waals surface area contributed by atoms with Crippen LogP contribution in [-0.2, 0) is 4.57 Å². The van der Waals surface area contributed by atoms with Crippen molar-refractivity contribution in [2.75, 3.05) is 0 Å². The summed E-state index contributed by atoms with van der Waals surface area (Å²) in [6.45, 7) is 7.57. The topological polar surface area (TPSA) is 55.8 Å². The second kappa shape index (κ2) is 7.59. The summed E-state index contributed by atoms with van der Waals surface area (Å²) in [6, 6.07) is 18.9. The van der Waals surface area contributed by atoms with Crippen molar-refractivity contribution in [1.82, 2.24) is 0 Å². The summed E-state index contributed by atoms with van der Waals surface area (Å²) >= 11 is 0. The highest BCUT2D eigenvalue weighted by molar-refractivity contribution is 7.48. The molecule has 140 valence electrons. The first kappa shape index (κ1) is 19.2. The van der Waals surface area contributed by atoms with E-state index >= 15 is 0 Å². The van der Waals surface area contributed by atoms with Crippen molar-refractivity contribution in [3.05, 3.63) is 82.9 Å². The van der Waals surface area contributed by atoms with E-state index < -0.39 is 7.82 Å². The Balaban J connectivity index is 2.00. The molecule has 0 bridgehead atoms. The van der Waals surface area contributed by atoms with Gasteiger partial charge in [0.15, 0.2) is 0 Å². The van der Waals surface area contributed by atoms with Gasteiger partial charge in [-0.25, -0.2) is 4.57 Å². The zero-order valence-corrected chi connectivity index (χ0v) is 16.8. The van der Waals surface area contributed by atoms with Gasteiger partial charge in [-0.15, -0.1) is 0 Å². The maximum absolute atomic E-state index is 12.8. The van der Waals surface area contributed by atoms with Crippen LogP contribution < -0.4 is 9.05 Å². The van der Waals surface area contributed by atoms with Gasteiger partial charge >= 0.3 is 7.82 Å². The maximum atomic E-state index is 12.8. The molecule has 0 radical (unpaired) electrons. The summed E-state index contributed by atoms with van der Waals surface area (Å²) in [5.41, 5.74) is 5.20. The van der Waals surface area contributed by atoms with Crippen molar-refractivity contribution < 1.29 is 18.5 Å². The van der Waals surface area contributed by atoms with Crippen LogP contribution in [0.1, 0.15) is 22.3 Å². The molecular weight excluding hydrogens is 359 g/mol. The van der Waals surface area contributed by atoms with Gasteiger partial charge in [0.2, 0.25) is 0 Å². The van der Waals surface area contributed by atoms with Crippen molar-refractivity contribution >= 4 is 7.82 Å². The zero-order chi connectivity index (χ0) is 19.6. The summed E-state index contributed by atoms with van der Waals surface area (Å²) in [6.07, 6.45) is 0. The molecule has 0 aliphatic carbocycles. The Bertz CT molecular complexity index is 1010. The zero-order valence-electron chi connectivity index (χ0n) is 15.9. The van der Waals surface area contributed by atoms with Crippen LogP contribution in [0.15, 0.2) is 60.7 Å². The Labute approximate surface area is 160 Å². The van der Waals surface area contributed by atoms with E-state index in [2.05, 4.69) is 0 Å². The first-order valence-electron chi connectivity index (χ1n) is 8.72. The van der Waals surface area contributed by atoms with E-state index in [4.69, 9.17) is 9.05 Å². The molecule has 1 N–H and O–H groups in total. The first-order valence-corrected chi connectivity index (χ1v) is 10.2. The summed E-state index contributed by atoms with van der Waals surface area (Å²) in [7, 11) is -4.38. The van der Waals surface area contributed by atoms with Gasteiger partial charge in [0.05, 0.1) is 0 Å². The predicted octanol–water partition coefficient (Wildman–Crippen LogP) is 6.15. The molecule has 0 spiro atoms. The third-order valence-corrected chi connectivity index (χ3v) is 5.58. The molecule has 0 saturated carbocycles. The van der Waals surface area contributed by atoms with Gasteiger partial charge in [0.25, 0.3) is 0 Å². The molecule has 27 heavy (non-hydrogen) atoms. The highest BCUT2D eigenvalue weighted by atomic mass is 31.2. The molecular formula is C22H23O4P. The Kier molecular flexibility index (Phi) is 5.41. The molecule has 1 atom stereocenters. The van der Waals surface area contributed by atoms with Gasteiger partial charge in [-0.05, 0) is 61.6 Å². The number of phosphoric acid groups is 1. The average molecular weight is 382 g/mol. The number of phosphoric ester groups is 1. The molecule has 0 aliphatic heterocycles. The van der Waals surface area contributed by atoms with Crippen LogP contribution in [0.4, 0.5) is 0 Å². The van der Waals surface area contributed by atoms with Crippen molar-refractivity contribution in [2.24, 2.45) is 0 Å². The second-order valence-corrected chi connectivity index (χ2v) is 7.90. The number of rotatable bonds is 5. The van der Waals surface area contributed by atoms with Crippen molar-refractivity contribution in [2.45, 2.75) is 27.7 Å². The van der Waals surface area contributed by atoms with Crippen molar-refractivity contribution in [3.63, 3.8) is 0 Å². The van der Waals surface area contributed by atoms with Gasteiger partial charge in [0, 0.05) is 5.56 Å². The van der Waals surface area contributed by atoms with Crippen LogP contribution >= 0.6 is 7.82 Å². The predicted molar refractivity (Wildman–Crippen MR) is 108 cm³/mol. The normalized spacial score (nSPS) is 13.1. The molecule has 3 aromatic rings. The largest absolute Gasteiger partial charge is 0.584 e. The average Bonchev–Trinajstić information content (AvgIpc) is 2.63. The van der Waals surface area contributed by atoms with Crippen LogP contribution in [0.3, 0.4) is 0 Å². The minimum atomic E-state index is -4.38. The molecule has 0 fully saturated rings. The molecule has 0 heterocycles. The lowest BCUT2D eigenvalue weighted by atomic mass is 9.99. The van der Waals surface area contributed by atoms with E-state index in [-0.39, 0.29) is 0 Å². The summed E-state index contributed by atoms with van der Waals surface area (Å²) in [4.78, 5) is 10.4. The molecule has 1 unspecified atom stereocenters. The Morgan fingerprint density at radius 2 is 1.41 bits per heavy atom. The molecule has 3 aromatic carbocycles. The van der Waals surface area contributed by atoms with E-state index in [1.807, 2.05) is 76.2 Å². The summed E-state index contributed by atoms with van der Waals surface area (Å²) in [5.74, 6) is 0.699.